The van der Waals surface area contributed by atoms with Crippen molar-refractivity contribution in [2.75, 3.05) is 26.2 Å². The van der Waals surface area contributed by atoms with Gasteiger partial charge in [-0.15, -0.1) is 0 Å². The van der Waals surface area contributed by atoms with Crippen molar-refractivity contribution in [2.45, 2.75) is 59.9 Å². The van der Waals surface area contributed by atoms with Crippen LogP contribution in [0.15, 0.2) is 0 Å². The molecule has 1 heterocycles. The molecule has 3 nitrogen and oxygen atoms in total. The Balaban J connectivity index is 0.000000770. The summed E-state index contributed by atoms with van der Waals surface area (Å²) in [5.74, 6) is 0.217. The molecule has 0 saturated carbocycles. The van der Waals surface area contributed by atoms with Gasteiger partial charge in [-0.2, -0.15) is 0 Å². The highest BCUT2D eigenvalue weighted by molar-refractivity contribution is 5.73. The van der Waals surface area contributed by atoms with Crippen molar-refractivity contribution in [1.29, 1.82) is 0 Å². The fourth-order valence-electron chi connectivity index (χ4n) is 2.21. The summed E-state index contributed by atoms with van der Waals surface area (Å²) in [6.07, 6.45) is 3.69. The number of piperazine rings is 1. The second-order valence-corrected chi connectivity index (χ2v) is 4.72. The molecule has 1 aliphatic heterocycles. The van der Waals surface area contributed by atoms with E-state index in [0.29, 0.717) is 6.04 Å². The van der Waals surface area contributed by atoms with Gasteiger partial charge >= 0.3 is 0 Å². The quantitative estimate of drug-likeness (QED) is 0.760. The Morgan fingerprint density at radius 1 is 1.00 bits per heavy atom. The van der Waals surface area contributed by atoms with Crippen LogP contribution in [-0.2, 0) is 4.79 Å². The standard InChI is InChI=1S/C11H22N2O.C3H8/c1-4-11(5-2)13-8-6-12(7-9-13)10(3)14;1-3-2/h11H,4-9H2,1-3H3;3H2,1-2H3. The predicted octanol–water partition coefficient (Wildman–Crippen LogP) is 2.76. The second kappa shape index (κ2) is 9.46. The molecule has 0 unspecified atom stereocenters. The van der Waals surface area contributed by atoms with Crippen LogP contribution in [0.5, 0.6) is 0 Å². The first kappa shape index (κ1) is 16.4. The maximum absolute atomic E-state index is 11.1. The molecular weight excluding hydrogens is 212 g/mol. The Morgan fingerprint density at radius 3 is 1.71 bits per heavy atom. The minimum absolute atomic E-state index is 0.217. The Kier molecular flexibility index (Phi) is 9.14. The van der Waals surface area contributed by atoms with Crippen molar-refractivity contribution in [3.8, 4) is 0 Å². The maximum atomic E-state index is 11.1. The van der Waals surface area contributed by atoms with E-state index >= 15 is 0 Å². The lowest BCUT2D eigenvalue weighted by atomic mass is 10.1. The molecule has 17 heavy (non-hydrogen) atoms. The normalized spacial score (nSPS) is 16.7. The molecule has 0 radical (unpaired) electrons. The molecule has 1 fully saturated rings. The third kappa shape index (κ3) is 6.06. The lowest BCUT2D eigenvalue weighted by molar-refractivity contribution is -0.130. The minimum atomic E-state index is 0.217. The lowest BCUT2D eigenvalue weighted by Crippen LogP contribution is -2.51. The number of rotatable bonds is 3. The van der Waals surface area contributed by atoms with Crippen LogP contribution in [0.3, 0.4) is 0 Å². The topological polar surface area (TPSA) is 23.6 Å². The van der Waals surface area contributed by atoms with Crippen molar-refractivity contribution >= 4 is 5.91 Å². The SMILES string of the molecule is CCC.CCC(CC)N1CCN(C(C)=O)CC1. The molecule has 3 heteroatoms. The molecule has 1 saturated heterocycles. The summed E-state index contributed by atoms with van der Waals surface area (Å²) in [6.45, 7) is 14.3. The van der Waals surface area contributed by atoms with Gasteiger partial charge in [0.2, 0.25) is 5.91 Å². The summed E-state index contributed by atoms with van der Waals surface area (Å²) in [6, 6.07) is 0.712. The number of hydrogen-bond acceptors (Lipinski definition) is 2. The smallest absolute Gasteiger partial charge is 0.219 e. The van der Waals surface area contributed by atoms with E-state index in [1.54, 1.807) is 6.92 Å². The zero-order valence-electron chi connectivity index (χ0n) is 12.3. The number of carbonyl (C=O) groups excluding carboxylic acids is 1. The Hall–Kier alpha value is -0.570. The van der Waals surface area contributed by atoms with E-state index in [4.69, 9.17) is 0 Å². The molecule has 0 bridgehead atoms. The first-order valence-electron chi connectivity index (χ1n) is 7.10. The van der Waals surface area contributed by atoms with Crippen LogP contribution in [0.25, 0.3) is 0 Å². The highest BCUT2D eigenvalue weighted by Gasteiger charge is 2.22. The van der Waals surface area contributed by atoms with Crippen LogP contribution in [0, 0.1) is 0 Å². The van der Waals surface area contributed by atoms with Crippen LogP contribution in [0.4, 0.5) is 0 Å². The van der Waals surface area contributed by atoms with Gasteiger partial charge in [-0.3, -0.25) is 9.69 Å². The van der Waals surface area contributed by atoms with Crippen molar-refractivity contribution in [3.63, 3.8) is 0 Å². The van der Waals surface area contributed by atoms with Gasteiger partial charge in [0.15, 0.2) is 0 Å². The number of nitrogens with zero attached hydrogens (tertiary/aromatic N) is 2. The molecule has 0 aromatic rings. The van der Waals surface area contributed by atoms with Crippen LogP contribution >= 0.6 is 0 Å². The number of hydrogen-bond donors (Lipinski definition) is 0. The van der Waals surface area contributed by atoms with E-state index in [0.717, 1.165) is 26.2 Å². The van der Waals surface area contributed by atoms with E-state index in [2.05, 4.69) is 32.6 Å². The molecule has 1 amide bonds. The van der Waals surface area contributed by atoms with Gasteiger partial charge in [0.1, 0.15) is 0 Å². The molecule has 0 aliphatic carbocycles. The first-order valence-corrected chi connectivity index (χ1v) is 7.10. The fraction of sp³-hybridized carbons (Fsp3) is 0.929. The van der Waals surface area contributed by atoms with Crippen molar-refractivity contribution in [3.05, 3.63) is 0 Å². The van der Waals surface area contributed by atoms with E-state index in [1.807, 2.05) is 4.90 Å². The maximum Gasteiger partial charge on any atom is 0.219 e. The average Bonchev–Trinajstić information content (AvgIpc) is 2.32. The Morgan fingerprint density at radius 2 is 1.41 bits per heavy atom. The predicted molar refractivity (Wildman–Crippen MR) is 74.2 cm³/mol. The summed E-state index contributed by atoms with van der Waals surface area (Å²) in [7, 11) is 0. The zero-order chi connectivity index (χ0) is 13.3. The zero-order valence-corrected chi connectivity index (χ0v) is 12.3. The van der Waals surface area contributed by atoms with Crippen LogP contribution in [-0.4, -0.2) is 47.9 Å². The average molecular weight is 242 g/mol. The van der Waals surface area contributed by atoms with Crippen LogP contribution < -0.4 is 0 Å². The fourth-order valence-corrected chi connectivity index (χ4v) is 2.21. The van der Waals surface area contributed by atoms with E-state index < -0.39 is 0 Å². The van der Waals surface area contributed by atoms with Crippen LogP contribution in [0.2, 0.25) is 0 Å². The van der Waals surface area contributed by atoms with E-state index in [1.165, 1.54) is 19.3 Å². The van der Waals surface area contributed by atoms with Crippen LogP contribution in [0.1, 0.15) is 53.9 Å². The molecule has 102 valence electrons. The van der Waals surface area contributed by atoms with Crippen molar-refractivity contribution in [2.24, 2.45) is 0 Å². The highest BCUT2D eigenvalue weighted by Crippen LogP contribution is 2.11. The first-order chi connectivity index (χ1) is 8.10. The van der Waals surface area contributed by atoms with Gasteiger partial charge in [0.25, 0.3) is 0 Å². The number of carbonyl (C=O) groups is 1. The molecule has 0 atom stereocenters. The molecular formula is C14H30N2O. The van der Waals surface area contributed by atoms with Crippen molar-refractivity contribution < 1.29 is 4.79 Å². The van der Waals surface area contributed by atoms with E-state index in [-0.39, 0.29) is 5.91 Å². The molecule has 0 aromatic heterocycles. The van der Waals surface area contributed by atoms with Gasteiger partial charge in [-0.1, -0.05) is 34.1 Å². The van der Waals surface area contributed by atoms with Gasteiger partial charge in [0, 0.05) is 39.1 Å². The van der Waals surface area contributed by atoms with Gasteiger partial charge in [0.05, 0.1) is 0 Å². The van der Waals surface area contributed by atoms with Gasteiger partial charge in [-0.25, -0.2) is 0 Å². The largest absolute Gasteiger partial charge is 0.340 e. The van der Waals surface area contributed by atoms with E-state index in [9.17, 15) is 4.79 Å². The highest BCUT2D eigenvalue weighted by atomic mass is 16.2. The van der Waals surface area contributed by atoms with Gasteiger partial charge in [-0.05, 0) is 12.8 Å². The summed E-state index contributed by atoms with van der Waals surface area (Å²) in [5.41, 5.74) is 0. The summed E-state index contributed by atoms with van der Waals surface area (Å²) >= 11 is 0. The summed E-state index contributed by atoms with van der Waals surface area (Å²) in [4.78, 5) is 15.6. The number of amides is 1. The summed E-state index contributed by atoms with van der Waals surface area (Å²) in [5, 5.41) is 0. The molecule has 0 aromatic carbocycles. The third-order valence-electron chi connectivity index (χ3n) is 3.22. The molecule has 0 N–H and O–H groups in total. The minimum Gasteiger partial charge on any atom is -0.340 e. The third-order valence-corrected chi connectivity index (χ3v) is 3.22. The Labute approximate surface area is 107 Å². The molecule has 0 spiro atoms. The Bertz CT molecular complexity index is 194. The monoisotopic (exact) mass is 242 g/mol. The van der Waals surface area contributed by atoms with Gasteiger partial charge < -0.3 is 4.90 Å². The lowest BCUT2D eigenvalue weighted by Gasteiger charge is -2.38. The second-order valence-electron chi connectivity index (χ2n) is 4.72. The summed E-state index contributed by atoms with van der Waals surface area (Å²) < 4.78 is 0. The van der Waals surface area contributed by atoms with Crippen molar-refractivity contribution in [1.82, 2.24) is 9.80 Å². The molecule has 1 rings (SSSR count). The molecule has 1 aliphatic rings.